The van der Waals surface area contributed by atoms with Gasteiger partial charge in [-0.3, -0.25) is 9.00 Å². The number of rotatable bonds is 6. The van der Waals surface area contributed by atoms with Crippen molar-refractivity contribution in [3.63, 3.8) is 0 Å². The van der Waals surface area contributed by atoms with Gasteiger partial charge in [0.1, 0.15) is 5.25 Å². The van der Waals surface area contributed by atoms with Gasteiger partial charge in [-0.05, 0) is 33.1 Å². The molecule has 1 fully saturated rings. The van der Waals surface area contributed by atoms with Gasteiger partial charge in [-0.15, -0.1) is 0 Å². The van der Waals surface area contributed by atoms with E-state index in [9.17, 15) is 9.00 Å². The summed E-state index contributed by atoms with van der Waals surface area (Å²) in [5.74, 6) is 0.441. The van der Waals surface area contributed by atoms with Crippen molar-refractivity contribution in [2.45, 2.75) is 63.3 Å². The third-order valence-corrected chi connectivity index (χ3v) is 4.88. The molecule has 0 aliphatic heterocycles. The Morgan fingerprint density at radius 1 is 1.41 bits per heavy atom. The van der Waals surface area contributed by atoms with Crippen LogP contribution in [0, 0.1) is 0 Å². The molecule has 0 radical (unpaired) electrons. The minimum Gasteiger partial charge on any atom is -0.352 e. The van der Waals surface area contributed by atoms with Crippen molar-refractivity contribution in [2.24, 2.45) is 5.73 Å². The molecule has 0 spiro atoms. The third kappa shape index (κ3) is 5.17. The van der Waals surface area contributed by atoms with E-state index in [-0.39, 0.29) is 11.9 Å². The first-order valence-corrected chi connectivity index (χ1v) is 7.82. The lowest BCUT2D eigenvalue weighted by Crippen LogP contribution is -2.41. The fourth-order valence-electron chi connectivity index (χ4n) is 1.99. The van der Waals surface area contributed by atoms with Crippen molar-refractivity contribution in [3.8, 4) is 0 Å². The van der Waals surface area contributed by atoms with E-state index in [1.54, 1.807) is 6.92 Å². The molecule has 0 aromatic heterocycles. The van der Waals surface area contributed by atoms with E-state index in [1.807, 2.05) is 6.92 Å². The van der Waals surface area contributed by atoms with Crippen LogP contribution in [0.1, 0.15) is 46.0 Å². The lowest BCUT2D eigenvalue weighted by molar-refractivity contribution is -0.121. The van der Waals surface area contributed by atoms with Crippen LogP contribution in [-0.4, -0.2) is 33.2 Å². The topological polar surface area (TPSA) is 72.2 Å². The Morgan fingerprint density at radius 3 is 2.53 bits per heavy atom. The molecule has 4 nitrogen and oxygen atoms in total. The van der Waals surface area contributed by atoms with Crippen LogP contribution >= 0.6 is 0 Å². The van der Waals surface area contributed by atoms with Crippen LogP contribution in [0.5, 0.6) is 0 Å². The Balaban J connectivity index is 2.31. The quantitative estimate of drug-likeness (QED) is 0.746. The molecule has 3 unspecified atom stereocenters. The van der Waals surface area contributed by atoms with E-state index in [0.29, 0.717) is 18.2 Å². The maximum absolute atomic E-state index is 11.9. The first kappa shape index (κ1) is 14.6. The van der Waals surface area contributed by atoms with E-state index in [2.05, 4.69) is 5.32 Å². The minimum atomic E-state index is -1.11. The van der Waals surface area contributed by atoms with Crippen molar-refractivity contribution < 1.29 is 9.00 Å². The average molecular weight is 260 g/mol. The molecule has 0 saturated heterocycles. The van der Waals surface area contributed by atoms with Crippen LogP contribution in [0.25, 0.3) is 0 Å². The highest BCUT2D eigenvalue weighted by Gasteiger charge is 2.24. The third-order valence-electron chi connectivity index (χ3n) is 3.24. The molecule has 0 aromatic carbocycles. The largest absolute Gasteiger partial charge is 0.352 e. The van der Waals surface area contributed by atoms with Gasteiger partial charge in [-0.2, -0.15) is 0 Å². The molecule has 1 aliphatic rings. The highest BCUT2D eigenvalue weighted by Crippen LogP contribution is 2.17. The molecule has 1 aliphatic carbocycles. The highest BCUT2D eigenvalue weighted by atomic mass is 32.2. The monoisotopic (exact) mass is 260 g/mol. The van der Waals surface area contributed by atoms with Gasteiger partial charge in [0, 0.05) is 28.6 Å². The highest BCUT2D eigenvalue weighted by molar-refractivity contribution is 7.86. The van der Waals surface area contributed by atoms with Crippen molar-refractivity contribution in [3.05, 3.63) is 0 Å². The summed E-state index contributed by atoms with van der Waals surface area (Å²) in [6, 6.07) is 0.347. The van der Waals surface area contributed by atoms with Crippen molar-refractivity contribution in [2.75, 3.05) is 5.75 Å². The van der Waals surface area contributed by atoms with Crippen LogP contribution in [0.3, 0.4) is 0 Å². The van der Waals surface area contributed by atoms with Gasteiger partial charge in [-0.1, -0.05) is 12.8 Å². The van der Waals surface area contributed by atoms with Gasteiger partial charge in [0.05, 0.1) is 0 Å². The molecule has 3 N–H and O–H groups in total. The fraction of sp³-hybridized carbons (Fsp3) is 0.917. The molecule has 1 rings (SSSR count). The van der Waals surface area contributed by atoms with Crippen LogP contribution in [0.15, 0.2) is 0 Å². The molecule has 100 valence electrons. The predicted octanol–water partition coefficient (Wildman–Crippen LogP) is 0.920. The van der Waals surface area contributed by atoms with Gasteiger partial charge in [0.15, 0.2) is 0 Å². The Kier molecular flexibility index (Phi) is 6.12. The maximum Gasteiger partial charge on any atom is 0.235 e. The van der Waals surface area contributed by atoms with E-state index in [0.717, 1.165) is 12.8 Å². The molecule has 1 saturated carbocycles. The summed E-state index contributed by atoms with van der Waals surface area (Å²) in [6.45, 7) is 3.63. The van der Waals surface area contributed by atoms with Crippen LogP contribution in [0.2, 0.25) is 0 Å². The molecule has 5 heteroatoms. The molecule has 1 amide bonds. The first-order valence-electron chi connectivity index (χ1n) is 6.44. The number of amides is 1. The zero-order chi connectivity index (χ0) is 12.8. The van der Waals surface area contributed by atoms with Crippen molar-refractivity contribution in [1.82, 2.24) is 5.32 Å². The summed E-state index contributed by atoms with van der Waals surface area (Å²) in [7, 11) is -1.11. The van der Waals surface area contributed by atoms with Gasteiger partial charge >= 0.3 is 0 Å². The van der Waals surface area contributed by atoms with Gasteiger partial charge in [0.2, 0.25) is 5.91 Å². The average Bonchev–Trinajstić information content (AvgIpc) is 2.77. The van der Waals surface area contributed by atoms with Crippen LogP contribution in [0.4, 0.5) is 0 Å². The van der Waals surface area contributed by atoms with Crippen LogP contribution < -0.4 is 11.1 Å². The van der Waals surface area contributed by atoms with Crippen LogP contribution in [-0.2, 0) is 15.6 Å². The number of carbonyl (C=O) groups is 1. The minimum absolute atomic E-state index is 0.0454. The van der Waals surface area contributed by atoms with Gasteiger partial charge in [-0.25, -0.2) is 0 Å². The summed E-state index contributed by atoms with van der Waals surface area (Å²) in [5.41, 5.74) is 5.61. The standard InChI is InChI=1S/C12H24N2O2S/c1-9(13)7-8-17(16)10(2)12(15)14-11-5-3-4-6-11/h9-11H,3-8,13H2,1-2H3,(H,14,15). The summed E-state index contributed by atoms with van der Waals surface area (Å²) >= 11 is 0. The molecule has 17 heavy (non-hydrogen) atoms. The number of nitrogens with one attached hydrogen (secondary N) is 1. The Hall–Kier alpha value is -0.420. The number of nitrogens with two attached hydrogens (primary N) is 1. The second-order valence-electron chi connectivity index (χ2n) is 4.98. The molecule has 0 heterocycles. The van der Waals surface area contributed by atoms with E-state index < -0.39 is 16.0 Å². The number of hydrogen-bond donors (Lipinski definition) is 2. The van der Waals surface area contributed by atoms with Crippen molar-refractivity contribution >= 4 is 16.7 Å². The first-order chi connectivity index (χ1) is 8.00. The smallest absolute Gasteiger partial charge is 0.235 e. The van der Waals surface area contributed by atoms with Gasteiger partial charge < -0.3 is 11.1 Å². The SMILES string of the molecule is CC(N)CCS(=O)C(C)C(=O)NC1CCCC1. The molecular weight excluding hydrogens is 236 g/mol. The van der Waals surface area contributed by atoms with Crippen molar-refractivity contribution in [1.29, 1.82) is 0 Å². The molecular formula is C12H24N2O2S. The van der Waals surface area contributed by atoms with E-state index in [4.69, 9.17) is 5.73 Å². The molecule has 3 atom stereocenters. The lowest BCUT2D eigenvalue weighted by atomic mass is 10.2. The Bertz CT molecular complexity index is 276. The lowest BCUT2D eigenvalue weighted by Gasteiger charge is -2.16. The summed E-state index contributed by atoms with van der Waals surface area (Å²) in [6.07, 6.45) is 5.20. The summed E-state index contributed by atoms with van der Waals surface area (Å²) in [4.78, 5) is 11.8. The Morgan fingerprint density at radius 2 is 2.00 bits per heavy atom. The summed E-state index contributed by atoms with van der Waals surface area (Å²) in [5, 5.41) is 2.56. The van der Waals surface area contributed by atoms with Gasteiger partial charge in [0.25, 0.3) is 0 Å². The second-order valence-corrected chi connectivity index (χ2v) is 6.86. The zero-order valence-electron chi connectivity index (χ0n) is 10.8. The fourth-order valence-corrected chi connectivity index (χ4v) is 3.25. The number of hydrogen-bond acceptors (Lipinski definition) is 3. The Labute approximate surface area is 106 Å². The van der Waals surface area contributed by atoms with E-state index in [1.165, 1.54) is 12.8 Å². The second kappa shape index (κ2) is 7.11. The molecule has 0 bridgehead atoms. The summed E-state index contributed by atoms with van der Waals surface area (Å²) < 4.78 is 11.9. The van der Waals surface area contributed by atoms with E-state index >= 15 is 0 Å². The zero-order valence-corrected chi connectivity index (χ0v) is 11.6. The predicted molar refractivity (Wildman–Crippen MR) is 71.1 cm³/mol. The normalized spacial score (nSPS) is 22.1. The number of carbonyl (C=O) groups excluding carboxylic acids is 1. The maximum atomic E-state index is 11.9. The molecule has 0 aromatic rings.